The van der Waals surface area contributed by atoms with E-state index in [9.17, 15) is 13.2 Å². The number of sulfone groups is 1. The fourth-order valence-electron chi connectivity index (χ4n) is 3.44. The molecule has 158 valence electrons. The van der Waals surface area contributed by atoms with Crippen LogP contribution in [-0.2, 0) is 20.4 Å². The van der Waals surface area contributed by atoms with E-state index < -0.39 is 27.5 Å². The molecule has 7 heteroatoms. The Morgan fingerprint density at radius 3 is 2.42 bits per heavy atom. The van der Waals surface area contributed by atoms with Crippen molar-refractivity contribution in [3.05, 3.63) is 106 Å². The van der Waals surface area contributed by atoms with Gasteiger partial charge in [-0.05, 0) is 35.4 Å². The third-order valence-corrected chi connectivity index (χ3v) is 6.76. The molecule has 0 bridgehead atoms. The number of halogens is 1. The van der Waals surface area contributed by atoms with Crippen LogP contribution in [0.5, 0.6) is 0 Å². The number of amides is 1. The molecule has 0 spiro atoms. The Bertz CT molecular complexity index is 1280. The number of nitrogens with one attached hydrogen (secondary N) is 1. The molecule has 1 atom stereocenters. The summed E-state index contributed by atoms with van der Waals surface area (Å²) < 4.78 is 32.0. The summed E-state index contributed by atoms with van der Waals surface area (Å²) in [6.45, 7) is 0. The molecule has 0 aliphatic rings. The van der Waals surface area contributed by atoms with Crippen molar-refractivity contribution in [3.8, 4) is 0 Å². The first-order chi connectivity index (χ1) is 14.9. The fourth-order valence-corrected chi connectivity index (χ4v) is 5.16. The summed E-state index contributed by atoms with van der Waals surface area (Å²) in [6, 6.07) is 25.2. The van der Waals surface area contributed by atoms with Gasteiger partial charge in [-0.3, -0.25) is 4.79 Å². The smallest absolute Gasteiger partial charge is 0.236 e. The topological polar surface area (TPSA) is 76.4 Å². The first-order valence-corrected chi connectivity index (χ1v) is 12.3. The summed E-state index contributed by atoms with van der Waals surface area (Å²) in [4.78, 5) is 12.7. The average Bonchev–Trinajstić information content (AvgIpc) is 3.16. The average molecular weight is 498 g/mol. The van der Waals surface area contributed by atoms with Crippen LogP contribution in [0.3, 0.4) is 0 Å². The zero-order valence-corrected chi connectivity index (χ0v) is 18.9. The molecule has 0 fully saturated rings. The Morgan fingerprint density at radius 2 is 1.68 bits per heavy atom. The van der Waals surface area contributed by atoms with Crippen molar-refractivity contribution in [1.29, 1.82) is 0 Å². The molecule has 0 saturated carbocycles. The van der Waals surface area contributed by atoms with E-state index in [4.69, 9.17) is 4.42 Å². The Kier molecular flexibility index (Phi) is 6.25. The van der Waals surface area contributed by atoms with Crippen molar-refractivity contribution in [2.45, 2.75) is 11.8 Å². The lowest BCUT2D eigenvalue weighted by atomic mass is 10.0. The van der Waals surface area contributed by atoms with Crippen LogP contribution >= 0.6 is 15.9 Å². The van der Waals surface area contributed by atoms with E-state index in [0.29, 0.717) is 16.9 Å². The monoisotopic (exact) mass is 497 g/mol. The van der Waals surface area contributed by atoms with Gasteiger partial charge in [-0.1, -0.05) is 76.6 Å². The maximum absolute atomic E-state index is 12.7. The molecule has 0 aliphatic carbocycles. The molecule has 0 saturated heterocycles. The molecule has 3 aromatic carbocycles. The van der Waals surface area contributed by atoms with Crippen molar-refractivity contribution >= 4 is 42.6 Å². The zero-order valence-electron chi connectivity index (χ0n) is 16.5. The Morgan fingerprint density at radius 1 is 0.935 bits per heavy atom. The number of carbonyl (C=O) groups excluding carboxylic acids is 1. The number of para-hydroxylation sites is 1. The van der Waals surface area contributed by atoms with E-state index in [-0.39, 0.29) is 5.75 Å². The maximum atomic E-state index is 12.7. The minimum atomic E-state index is -3.65. The highest BCUT2D eigenvalue weighted by Gasteiger charge is 2.24. The summed E-state index contributed by atoms with van der Waals surface area (Å²) in [5.74, 6) is -0.849. The number of carbonyl (C=O) groups is 1. The minimum absolute atomic E-state index is 0.208. The number of hydrogen-bond acceptors (Lipinski definition) is 4. The maximum Gasteiger partial charge on any atom is 0.236 e. The Balaban J connectivity index is 1.56. The van der Waals surface area contributed by atoms with Crippen molar-refractivity contribution in [1.82, 2.24) is 5.32 Å². The van der Waals surface area contributed by atoms with Gasteiger partial charge in [-0.15, -0.1) is 0 Å². The molecule has 1 heterocycles. The number of hydrogen-bond donors (Lipinski definition) is 1. The van der Waals surface area contributed by atoms with Gasteiger partial charge in [0.1, 0.15) is 23.1 Å². The summed E-state index contributed by atoms with van der Waals surface area (Å²) in [5, 5.41) is 3.75. The minimum Gasteiger partial charge on any atom is -0.459 e. The van der Waals surface area contributed by atoms with Crippen molar-refractivity contribution in [2.75, 3.05) is 5.75 Å². The van der Waals surface area contributed by atoms with Gasteiger partial charge < -0.3 is 9.73 Å². The molecule has 1 amide bonds. The van der Waals surface area contributed by atoms with Crippen LogP contribution in [0.25, 0.3) is 11.0 Å². The number of rotatable bonds is 7. The molecule has 1 unspecified atom stereocenters. The summed E-state index contributed by atoms with van der Waals surface area (Å²) >= 11 is 3.33. The second-order valence-corrected chi connectivity index (χ2v) is 10.2. The van der Waals surface area contributed by atoms with E-state index in [1.807, 2.05) is 66.7 Å². The van der Waals surface area contributed by atoms with Gasteiger partial charge in [0.15, 0.2) is 9.84 Å². The lowest BCUT2D eigenvalue weighted by Crippen LogP contribution is -2.34. The van der Waals surface area contributed by atoms with E-state index >= 15 is 0 Å². The first-order valence-electron chi connectivity index (χ1n) is 9.67. The zero-order chi connectivity index (χ0) is 21.8. The predicted molar refractivity (Wildman–Crippen MR) is 124 cm³/mol. The normalized spacial score (nSPS) is 12.5. The summed E-state index contributed by atoms with van der Waals surface area (Å²) in [7, 11) is -3.65. The van der Waals surface area contributed by atoms with E-state index in [1.54, 1.807) is 18.2 Å². The number of benzene rings is 3. The molecule has 1 N–H and O–H groups in total. The van der Waals surface area contributed by atoms with Gasteiger partial charge in [-0.2, -0.15) is 0 Å². The van der Waals surface area contributed by atoms with E-state index in [0.717, 1.165) is 15.4 Å². The third kappa shape index (κ3) is 5.42. The SMILES string of the molecule is O=C(CS(=O)(=O)Cc1cccc(Br)c1)NC(c1ccccc1)c1cc2ccccc2o1. The van der Waals surface area contributed by atoms with E-state index in [1.165, 1.54) is 0 Å². The van der Waals surface area contributed by atoms with Gasteiger partial charge >= 0.3 is 0 Å². The quantitative estimate of drug-likeness (QED) is 0.389. The van der Waals surface area contributed by atoms with Gasteiger partial charge in [0.05, 0.1) is 5.75 Å². The van der Waals surface area contributed by atoms with Gasteiger partial charge in [0, 0.05) is 9.86 Å². The molecule has 1 aromatic heterocycles. The molecule has 31 heavy (non-hydrogen) atoms. The van der Waals surface area contributed by atoms with Crippen molar-refractivity contribution < 1.29 is 17.6 Å². The van der Waals surface area contributed by atoms with Gasteiger partial charge in [-0.25, -0.2) is 8.42 Å². The second-order valence-electron chi connectivity index (χ2n) is 7.26. The van der Waals surface area contributed by atoms with Crippen molar-refractivity contribution in [3.63, 3.8) is 0 Å². The Hall–Kier alpha value is -2.90. The van der Waals surface area contributed by atoms with Crippen LogP contribution < -0.4 is 5.32 Å². The molecule has 5 nitrogen and oxygen atoms in total. The largest absolute Gasteiger partial charge is 0.459 e. The van der Waals surface area contributed by atoms with Crippen LogP contribution in [-0.4, -0.2) is 20.1 Å². The predicted octanol–water partition coefficient (Wildman–Crippen LogP) is 5.02. The molecule has 0 radical (unpaired) electrons. The lowest BCUT2D eigenvalue weighted by molar-refractivity contribution is -0.119. The molecule has 0 aliphatic heterocycles. The van der Waals surface area contributed by atoms with Crippen LogP contribution in [0.4, 0.5) is 0 Å². The van der Waals surface area contributed by atoms with E-state index in [2.05, 4.69) is 21.2 Å². The van der Waals surface area contributed by atoms with Crippen molar-refractivity contribution in [2.24, 2.45) is 0 Å². The Labute approximate surface area is 189 Å². The lowest BCUT2D eigenvalue weighted by Gasteiger charge is -2.17. The van der Waals surface area contributed by atoms with Crippen LogP contribution in [0.1, 0.15) is 22.9 Å². The van der Waals surface area contributed by atoms with Crippen LogP contribution in [0, 0.1) is 0 Å². The molecular formula is C24H20BrNO4S. The van der Waals surface area contributed by atoms with Gasteiger partial charge in [0.25, 0.3) is 0 Å². The fraction of sp³-hybridized carbons (Fsp3) is 0.125. The highest BCUT2D eigenvalue weighted by atomic mass is 79.9. The number of fused-ring (bicyclic) bond motifs is 1. The standard InChI is InChI=1S/C24H20BrNO4S/c25-20-11-6-7-17(13-20)15-31(28,29)16-23(27)26-24(18-8-2-1-3-9-18)22-14-19-10-4-5-12-21(19)30-22/h1-14,24H,15-16H2,(H,26,27). The summed E-state index contributed by atoms with van der Waals surface area (Å²) in [5.41, 5.74) is 2.13. The third-order valence-electron chi connectivity index (χ3n) is 4.79. The second kappa shape index (κ2) is 9.08. The number of furan rings is 1. The summed E-state index contributed by atoms with van der Waals surface area (Å²) in [6.07, 6.45) is 0. The van der Waals surface area contributed by atoms with Crippen LogP contribution in [0.15, 0.2) is 93.8 Å². The molecular weight excluding hydrogens is 478 g/mol. The van der Waals surface area contributed by atoms with Crippen LogP contribution in [0.2, 0.25) is 0 Å². The highest BCUT2D eigenvalue weighted by molar-refractivity contribution is 9.10. The highest BCUT2D eigenvalue weighted by Crippen LogP contribution is 2.28. The molecule has 4 aromatic rings. The van der Waals surface area contributed by atoms with Gasteiger partial charge in [0.2, 0.25) is 5.91 Å². The molecule has 4 rings (SSSR count). The first kappa shape index (κ1) is 21.3.